The number of rotatable bonds is 17. The number of aryl methyl sites for hydroxylation is 1. The summed E-state index contributed by atoms with van der Waals surface area (Å²) in [6.07, 6.45) is 7.53. The van der Waals surface area contributed by atoms with Crippen LogP contribution in [0.3, 0.4) is 0 Å². The van der Waals surface area contributed by atoms with E-state index in [1.807, 2.05) is 36.1 Å². The molecule has 12 nitrogen and oxygen atoms in total. The van der Waals surface area contributed by atoms with E-state index in [1.165, 1.54) is 12.8 Å². The van der Waals surface area contributed by atoms with Gasteiger partial charge in [0.15, 0.2) is 6.54 Å². The number of aliphatic hydroxyl groups is 2. The molecule has 4 aliphatic rings. The molecule has 4 fully saturated rings. The van der Waals surface area contributed by atoms with E-state index in [0.29, 0.717) is 52.3 Å². The topological polar surface area (TPSA) is 146 Å². The summed E-state index contributed by atoms with van der Waals surface area (Å²) in [6, 6.07) is 14.7. The van der Waals surface area contributed by atoms with Gasteiger partial charge in [-0.05, 0) is 125 Å². The van der Waals surface area contributed by atoms with Gasteiger partial charge < -0.3 is 40.5 Å². The molecule has 304 valence electrons. The molecule has 1 aromatic heterocycles. The minimum absolute atomic E-state index is 0.0177. The van der Waals surface area contributed by atoms with Gasteiger partial charge in [-0.3, -0.25) is 9.59 Å². The van der Waals surface area contributed by atoms with Gasteiger partial charge in [0.05, 0.1) is 46.6 Å². The van der Waals surface area contributed by atoms with Crippen LogP contribution in [0.15, 0.2) is 60.8 Å². The number of likely N-dealkylation sites (tertiary alicyclic amines) is 2. The fourth-order valence-electron chi connectivity index (χ4n) is 8.25. The van der Waals surface area contributed by atoms with E-state index in [1.54, 1.807) is 36.4 Å². The minimum atomic E-state index is -1.09. The van der Waals surface area contributed by atoms with Gasteiger partial charge in [0.1, 0.15) is 29.2 Å². The predicted molar refractivity (Wildman–Crippen MR) is 218 cm³/mol. The molecule has 6 unspecified atom stereocenters. The monoisotopic (exact) mass is 819 g/mol. The minimum Gasteiger partial charge on any atom is -0.489 e. The van der Waals surface area contributed by atoms with E-state index in [4.69, 9.17) is 38.4 Å². The maximum atomic E-state index is 13.6. The maximum Gasteiger partial charge on any atom is 0.292 e. The van der Waals surface area contributed by atoms with Crippen molar-refractivity contribution >= 4 is 45.8 Å². The Morgan fingerprint density at radius 2 is 1.47 bits per heavy atom. The third-order valence-electron chi connectivity index (χ3n) is 11.9. The first-order valence-corrected chi connectivity index (χ1v) is 21.1. The Bertz CT molecular complexity index is 2100. The van der Waals surface area contributed by atoms with Crippen molar-refractivity contribution in [2.45, 2.75) is 88.0 Å². The summed E-state index contributed by atoms with van der Waals surface area (Å²) in [5, 5.41) is 26.9. The zero-order valence-electron chi connectivity index (χ0n) is 32.4. The molecular weight excluding hydrogens is 767 g/mol. The fourth-order valence-corrected chi connectivity index (χ4v) is 8.72. The third kappa shape index (κ3) is 9.44. The maximum absolute atomic E-state index is 13.6. The number of halogens is 2. The molecule has 3 aromatic carbocycles. The van der Waals surface area contributed by atoms with Crippen LogP contribution in [0.5, 0.6) is 11.5 Å². The Kier molecular flexibility index (Phi) is 12.1. The SMILES string of the molecule is Cn1c2ccc(C(=O)C(=O)NC(CN3CCCC3)C(O)c3ccc(OC4CC4)c(Cl)c3)cc2c[n+]1CC1CC1Oc1ccc(C(O)C(N)CN2CCCC2)cc1Cl. The van der Waals surface area contributed by atoms with Crippen molar-refractivity contribution in [3.05, 3.63) is 87.5 Å². The molecule has 5 N–H and O–H groups in total. The van der Waals surface area contributed by atoms with Crippen LogP contribution in [-0.2, 0) is 18.4 Å². The number of nitrogens with two attached hydrogens (primary N) is 1. The number of nitrogens with one attached hydrogen (secondary N) is 1. The van der Waals surface area contributed by atoms with Crippen molar-refractivity contribution in [2.75, 3.05) is 39.3 Å². The van der Waals surface area contributed by atoms with Crippen LogP contribution >= 0.6 is 23.2 Å². The molecule has 4 aromatic rings. The number of aliphatic hydroxyl groups excluding tert-OH is 2. The smallest absolute Gasteiger partial charge is 0.292 e. The number of carbonyl (C=O) groups excluding carboxylic acids is 2. The van der Waals surface area contributed by atoms with Crippen LogP contribution in [0.4, 0.5) is 0 Å². The summed E-state index contributed by atoms with van der Waals surface area (Å²) in [4.78, 5) is 31.6. The first-order valence-electron chi connectivity index (χ1n) is 20.3. The Hall–Kier alpha value is -3.75. The standard InChI is InChI=1S/C43H52Cl2N6O6/c1-48-36-11-6-26(42(54)43(55)47-35(25-50-16-4-5-17-50)41(53)28-8-12-37(32(44)20-28)56-31-9-10-31)18-29(36)22-51(48)23-30-21-39(30)57-38-13-7-27(19-33(38)45)40(52)34(46)24-49-14-2-3-15-49/h6-8,11-13,18-20,22,30-31,34-35,39-41,52-53H,2-5,9-10,14-17,21,23-25,46H2,1H3/p+1. The molecule has 0 spiro atoms. The van der Waals surface area contributed by atoms with Crippen LogP contribution in [0, 0.1) is 5.92 Å². The molecule has 57 heavy (non-hydrogen) atoms. The highest BCUT2D eigenvalue weighted by Crippen LogP contribution is 2.39. The Labute approximate surface area is 343 Å². The van der Waals surface area contributed by atoms with Crippen molar-refractivity contribution in [3.8, 4) is 11.5 Å². The molecule has 2 saturated heterocycles. The molecule has 14 heteroatoms. The van der Waals surface area contributed by atoms with Gasteiger partial charge in [-0.2, -0.15) is 4.68 Å². The molecule has 1 amide bonds. The number of hydrogen-bond donors (Lipinski definition) is 4. The molecular formula is C43H53Cl2N6O6+. The fraction of sp³-hybridized carbons (Fsp3) is 0.512. The second kappa shape index (κ2) is 17.2. The average molecular weight is 821 g/mol. The van der Waals surface area contributed by atoms with Gasteiger partial charge in [-0.15, -0.1) is 4.68 Å². The largest absolute Gasteiger partial charge is 0.489 e. The third-order valence-corrected chi connectivity index (χ3v) is 12.5. The van der Waals surface area contributed by atoms with E-state index in [9.17, 15) is 19.8 Å². The molecule has 3 heterocycles. The summed E-state index contributed by atoms with van der Waals surface area (Å²) < 4.78 is 16.3. The molecule has 8 rings (SSSR count). The van der Waals surface area contributed by atoms with Crippen molar-refractivity contribution < 1.29 is 34.0 Å². The lowest BCUT2D eigenvalue weighted by Crippen LogP contribution is -2.48. The number of nitrogens with zero attached hydrogens (tertiary/aromatic N) is 4. The normalized spacial score (nSPS) is 22.0. The lowest BCUT2D eigenvalue weighted by atomic mass is 10.0. The lowest BCUT2D eigenvalue weighted by Gasteiger charge is -2.28. The van der Waals surface area contributed by atoms with E-state index < -0.39 is 36.0 Å². The summed E-state index contributed by atoms with van der Waals surface area (Å²) in [5.41, 5.74) is 8.75. The number of carbonyl (C=O) groups is 2. The predicted octanol–water partition coefficient (Wildman–Crippen LogP) is 4.73. The molecule has 0 radical (unpaired) electrons. The summed E-state index contributed by atoms with van der Waals surface area (Å²) in [7, 11) is 1.96. The Morgan fingerprint density at radius 1 is 0.860 bits per heavy atom. The van der Waals surface area contributed by atoms with Crippen LogP contribution in [0.1, 0.15) is 78.6 Å². The van der Waals surface area contributed by atoms with Crippen LogP contribution in [0.25, 0.3) is 10.9 Å². The zero-order valence-corrected chi connectivity index (χ0v) is 33.9. The van der Waals surface area contributed by atoms with Crippen molar-refractivity contribution in [1.82, 2.24) is 19.8 Å². The number of benzene rings is 3. The summed E-state index contributed by atoms with van der Waals surface area (Å²) in [6.45, 7) is 5.49. The van der Waals surface area contributed by atoms with Gasteiger partial charge in [0, 0.05) is 24.7 Å². The van der Waals surface area contributed by atoms with E-state index in [0.717, 1.165) is 69.2 Å². The van der Waals surface area contributed by atoms with Gasteiger partial charge >= 0.3 is 0 Å². The van der Waals surface area contributed by atoms with Crippen molar-refractivity contribution in [3.63, 3.8) is 0 Å². The van der Waals surface area contributed by atoms with Gasteiger partial charge in [-0.1, -0.05) is 35.3 Å². The zero-order chi connectivity index (χ0) is 39.8. The van der Waals surface area contributed by atoms with Crippen LogP contribution in [-0.4, -0.2) is 99.9 Å². The van der Waals surface area contributed by atoms with Crippen molar-refractivity contribution in [1.29, 1.82) is 0 Å². The molecule has 2 aliphatic carbocycles. The Balaban J connectivity index is 0.888. The van der Waals surface area contributed by atoms with Gasteiger partial charge in [0.2, 0.25) is 12.0 Å². The number of aromatic nitrogens is 2. The highest BCUT2D eigenvalue weighted by Gasteiger charge is 2.44. The quantitative estimate of drug-likeness (QED) is 0.0675. The van der Waals surface area contributed by atoms with E-state index in [2.05, 4.69) is 19.8 Å². The lowest BCUT2D eigenvalue weighted by molar-refractivity contribution is -0.773. The number of amides is 1. The highest BCUT2D eigenvalue weighted by molar-refractivity contribution is 6.43. The number of fused-ring (bicyclic) bond motifs is 1. The number of ketones is 1. The van der Waals surface area contributed by atoms with E-state index in [-0.39, 0.29) is 23.7 Å². The van der Waals surface area contributed by atoms with Gasteiger partial charge in [-0.25, -0.2) is 0 Å². The first-order chi connectivity index (χ1) is 27.5. The summed E-state index contributed by atoms with van der Waals surface area (Å²) in [5.74, 6) is -0.0453. The average Bonchev–Trinajstić information content (AvgIpc) is 3.97. The molecule has 2 aliphatic heterocycles. The Morgan fingerprint density at radius 3 is 2.11 bits per heavy atom. The number of Topliss-reactive ketones (excluding diaryl/α,β-unsaturated/α-hetero) is 1. The second-order valence-electron chi connectivity index (χ2n) is 16.4. The first kappa shape index (κ1) is 40.0. The van der Waals surface area contributed by atoms with Gasteiger partial charge in [0.25, 0.3) is 5.91 Å². The van der Waals surface area contributed by atoms with Crippen LogP contribution in [0.2, 0.25) is 10.0 Å². The number of ether oxygens (including phenoxy) is 2. The number of hydrogen-bond acceptors (Lipinski definition) is 9. The highest BCUT2D eigenvalue weighted by atomic mass is 35.5. The van der Waals surface area contributed by atoms with Crippen molar-refractivity contribution in [2.24, 2.45) is 18.7 Å². The van der Waals surface area contributed by atoms with E-state index >= 15 is 0 Å². The molecule has 0 bridgehead atoms. The molecule has 2 saturated carbocycles. The second-order valence-corrected chi connectivity index (χ2v) is 17.2. The van der Waals surface area contributed by atoms with Crippen LogP contribution < -0.4 is 25.2 Å². The summed E-state index contributed by atoms with van der Waals surface area (Å²) >= 11 is 13.1. The molecule has 6 atom stereocenters.